The first-order valence-corrected chi connectivity index (χ1v) is 7.21. The van der Waals surface area contributed by atoms with Gasteiger partial charge in [-0.2, -0.15) is 0 Å². The van der Waals surface area contributed by atoms with Gasteiger partial charge in [0.2, 0.25) is 0 Å². The van der Waals surface area contributed by atoms with Crippen LogP contribution in [0.25, 0.3) is 6.08 Å². The number of hydrogen-bond acceptors (Lipinski definition) is 3. The number of rotatable bonds is 3. The molecule has 0 saturated heterocycles. The van der Waals surface area contributed by atoms with Crippen molar-refractivity contribution in [3.05, 3.63) is 64.5 Å². The fourth-order valence-electron chi connectivity index (χ4n) is 1.38. The van der Waals surface area contributed by atoms with Crippen molar-refractivity contribution in [1.29, 1.82) is 0 Å². The molecule has 1 heterocycles. The van der Waals surface area contributed by atoms with Crippen LogP contribution in [-0.2, 0) is 9.84 Å². The minimum atomic E-state index is -3.62. The van der Waals surface area contributed by atoms with E-state index in [0.29, 0.717) is 5.69 Å². The van der Waals surface area contributed by atoms with E-state index in [9.17, 15) is 12.8 Å². The van der Waals surface area contributed by atoms with Crippen LogP contribution in [0.3, 0.4) is 0 Å². The molecule has 0 radical (unpaired) electrons. The Kier molecular flexibility index (Phi) is 3.97. The molecule has 0 spiro atoms. The fourth-order valence-corrected chi connectivity index (χ4v) is 2.54. The summed E-state index contributed by atoms with van der Waals surface area (Å²) < 4.78 is 36.6. The third-order valence-corrected chi connectivity index (χ3v) is 3.93. The second-order valence-corrected chi connectivity index (χ2v) is 5.91. The summed E-state index contributed by atoms with van der Waals surface area (Å²) in [6, 6.07) is 9.49. The van der Waals surface area contributed by atoms with Gasteiger partial charge in [-0.05, 0) is 42.5 Å². The van der Waals surface area contributed by atoms with Gasteiger partial charge in [-0.15, -0.1) is 0 Å². The Hall–Kier alpha value is -1.72. The molecule has 0 fully saturated rings. The van der Waals surface area contributed by atoms with E-state index in [-0.39, 0.29) is 10.0 Å². The van der Waals surface area contributed by atoms with E-state index in [0.717, 1.165) is 17.5 Å². The molecule has 0 aliphatic carbocycles. The first-order chi connectivity index (χ1) is 8.97. The van der Waals surface area contributed by atoms with Crippen LogP contribution in [0.1, 0.15) is 5.69 Å². The topological polar surface area (TPSA) is 47.0 Å². The maximum atomic E-state index is 12.7. The van der Waals surface area contributed by atoms with E-state index in [2.05, 4.69) is 4.98 Å². The molecule has 0 bridgehead atoms. The van der Waals surface area contributed by atoms with Crippen molar-refractivity contribution < 1.29 is 12.8 Å². The molecule has 0 saturated carbocycles. The lowest BCUT2D eigenvalue weighted by molar-refractivity contribution is 0.603. The largest absolute Gasteiger partial charge is 0.237 e. The smallest absolute Gasteiger partial charge is 0.199 e. The quantitative estimate of drug-likeness (QED) is 0.645. The minimum Gasteiger partial charge on any atom is -0.237 e. The van der Waals surface area contributed by atoms with Gasteiger partial charge in [-0.25, -0.2) is 17.8 Å². The van der Waals surface area contributed by atoms with Gasteiger partial charge in [-0.3, -0.25) is 0 Å². The predicted octanol–water partition coefficient (Wildman–Crippen LogP) is 3.32. The molecule has 0 aliphatic rings. The molecule has 0 N–H and O–H groups in total. The summed E-state index contributed by atoms with van der Waals surface area (Å²) >= 11 is 5.69. The van der Waals surface area contributed by atoms with Gasteiger partial charge in [0.05, 0.1) is 10.6 Å². The lowest BCUT2D eigenvalue weighted by atomic mass is 10.3. The zero-order valence-corrected chi connectivity index (χ0v) is 11.2. The van der Waals surface area contributed by atoms with Gasteiger partial charge in [-0.1, -0.05) is 17.7 Å². The molecule has 2 rings (SSSR count). The SMILES string of the molecule is O=S(=O)(/C=C/c1cccc(Cl)n1)c1ccc(F)cc1. The second kappa shape index (κ2) is 5.50. The number of nitrogens with zero attached hydrogens (tertiary/aromatic N) is 1. The highest BCUT2D eigenvalue weighted by Crippen LogP contribution is 2.14. The van der Waals surface area contributed by atoms with Crippen molar-refractivity contribution in [3.8, 4) is 0 Å². The summed E-state index contributed by atoms with van der Waals surface area (Å²) in [5.41, 5.74) is 0.429. The normalized spacial score (nSPS) is 11.9. The second-order valence-electron chi connectivity index (χ2n) is 3.69. The first kappa shape index (κ1) is 13.7. The highest BCUT2D eigenvalue weighted by atomic mass is 35.5. The standard InChI is InChI=1S/C13H9ClFNO2S/c14-13-3-1-2-11(16-13)8-9-19(17,18)12-6-4-10(15)5-7-12/h1-9H/b9-8+. The van der Waals surface area contributed by atoms with Crippen molar-refractivity contribution in [2.75, 3.05) is 0 Å². The van der Waals surface area contributed by atoms with Crippen LogP contribution >= 0.6 is 11.6 Å². The molecule has 2 aromatic rings. The highest BCUT2D eigenvalue weighted by molar-refractivity contribution is 7.94. The van der Waals surface area contributed by atoms with Gasteiger partial charge in [0.25, 0.3) is 0 Å². The van der Waals surface area contributed by atoms with E-state index in [1.165, 1.54) is 18.2 Å². The van der Waals surface area contributed by atoms with E-state index in [1.54, 1.807) is 18.2 Å². The summed E-state index contributed by atoms with van der Waals surface area (Å²) in [6.07, 6.45) is 1.34. The lowest BCUT2D eigenvalue weighted by Gasteiger charge is -1.99. The highest BCUT2D eigenvalue weighted by Gasteiger charge is 2.10. The zero-order chi connectivity index (χ0) is 13.9. The summed E-state index contributed by atoms with van der Waals surface area (Å²) in [5.74, 6) is -0.487. The maximum Gasteiger partial charge on any atom is 0.199 e. The maximum absolute atomic E-state index is 12.7. The number of aromatic nitrogens is 1. The van der Waals surface area contributed by atoms with E-state index < -0.39 is 15.7 Å². The fraction of sp³-hybridized carbons (Fsp3) is 0. The number of sulfone groups is 1. The average Bonchev–Trinajstić information content (AvgIpc) is 2.37. The Balaban J connectivity index is 2.29. The van der Waals surface area contributed by atoms with Crippen LogP contribution in [0.4, 0.5) is 4.39 Å². The number of benzene rings is 1. The molecule has 0 unspecified atom stereocenters. The van der Waals surface area contributed by atoms with Gasteiger partial charge in [0, 0.05) is 5.41 Å². The third-order valence-electron chi connectivity index (χ3n) is 2.30. The molecule has 1 aromatic heterocycles. The summed E-state index contributed by atoms with van der Waals surface area (Å²) in [6.45, 7) is 0. The molecule has 0 aliphatic heterocycles. The predicted molar refractivity (Wildman–Crippen MR) is 71.9 cm³/mol. The molecule has 6 heteroatoms. The molecule has 98 valence electrons. The summed E-state index contributed by atoms with van der Waals surface area (Å²) in [4.78, 5) is 3.96. The Morgan fingerprint density at radius 2 is 1.79 bits per heavy atom. The van der Waals surface area contributed by atoms with Crippen molar-refractivity contribution in [2.45, 2.75) is 4.90 Å². The van der Waals surface area contributed by atoms with E-state index in [4.69, 9.17) is 11.6 Å². The first-order valence-electron chi connectivity index (χ1n) is 5.29. The summed E-state index contributed by atoms with van der Waals surface area (Å²) in [7, 11) is -3.62. The average molecular weight is 298 g/mol. The number of pyridine rings is 1. The Morgan fingerprint density at radius 1 is 1.11 bits per heavy atom. The van der Waals surface area contributed by atoms with E-state index >= 15 is 0 Å². The molecule has 0 amide bonds. The Morgan fingerprint density at radius 3 is 2.42 bits per heavy atom. The number of hydrogen-bond donors (Lipinski definition) is 0. The minimum absolute atomic E-state index is 0.0205. The molecule has 3 nitrogen and oxygen atoms in total. The molecule has 0 atom stereocenters. The van der Waals surface area contributed by atoms with Crippen LogP contribution in [0, 0.1) is 5.82 Å². The van der Waals surface area contributed by atoms with Crippen LogP contribution in [-0.4, -0.2) is 13.4 Å². The monoisotopic (exact) mass is 297 g/mol. The van der Waals surface area contributed by atoms with Crippen LogP contribution in [0.5, 0.6) is 0 Å². The Labute approximate surface area is 115 Å². The van der Waals surface area contributed by atoms with Crippen molar-refractivity contribution in [2.24, 2.45) is 0 Å². The third kappa shape index (κ3) is 3.62. The summed E-state index contributed by atoms with van der Waals surface area (Å²) in [5, 5.41) is 1.29. The molecule has 19 heavy (non-hydrogen) atoms. The van der Waals surface area contributed by atoms with E-state index in [1.807, 2.05) is 0 Å². The molecular formula is C13H9ClFNO2S. The van der Waals surface area contributed by atoms with Crippen molar-refractivity contribution in [1.82, 2.24) is 4.98 Å². The number of halogens is 2. The van der Waals surface area contributed by atoms with Gasteiger partial charge in [0.1, 0.15) is 11.0 Å². The van der Waals surface area contributed by atoms with Gasteiger partial charge < -0.3 is 0 Å². The van der Waals surface area contributed by atoms with Crippen LogP contribution in [0.2, 0.25) is 5.15 Å². The van der Waals surface area contributed by atoms with Crippen molar-refractivity contribution >= 4 is 27.5 Å². The van der Waals surface area contributed by atoms with Gasteiger partial charge >= 0.3 is 0 Å². The van der Waals surface area contributed by atoms with Crippen LogP contribution < -0.4 is 0 Å². The zero-order valence-electron chi connectivity index (χ0n) is 9.62. The Bertz CT molecular complexity index is 712. The molecular weight excluding hydrogens is 289 g/mol. The van der Waals surface area contributed by atoms with Crippen LogP contribution in [0.15, 0.2) is 52.8 Å². The lowest BCUT2D eigenvalue weighted by Crippen LogP contribution is -1.96. The van der Waals surface area contributed by atoms with Crippen molar-refractivity contribution in [3.63, 3.8) is 0 Å². The van der Waals surface area contributed by atoms with Gasteiger partial charge in [0.15, 0.2) is 9.84 Å². The molecule has 1 aromatic carbocycles.